The van der Waals surface area contributed by atoms with Gasteiger partial charge in [0, 0.05) is 41.6 Å². The number of anilines is 1. The molecule has 1 unspecified atom stereocenters. The van der Waals surface area contributed by atoms with E-state index in [1.165, 1.54) is 11.3 Å². The summed E-state index contributed by atoms with van der Waals surface area (Å²) in [6, 6.07) is 11.7. The molecule has 1 aliphatic heterocycles. The fourth-order valence-electron chi connectivity index (χ4n) is 4.12. The van der Waals surface area contributed by atoms with Crippen molar-refractivity contribution < 1.29 is 9.59 Å². The van der Waals surface area contributed by atoms with Gasteiger partial charge in [0.15, 0.2) is 5.13 Å². The quantitative estimate of drug-likeness (QED) is 0.458. The van der Waals surface area contributed by atoms with E-state index >= 15 is 0 Å². The number of para-hydroxylation sites is 1. The number of aromatic amines is 1. The third-order valence-electron chi connectivity index (χ3n) is 5.82. The Balaban J connectivity index is 1.23. The van der Waals surface area contributed by atoms with E-state index in [0.29, 0.717) is 29.7 Å². The molecule has 8 heteroatoms. The van der Waals surface area contributed by atoms with E-state index in [0.717, 1.165) is 32.2 Å². The molecule has 1 atom stereocenters. The number of rotatable bonds is 5. The number of carbonyl (C=O) groups excluding carboxylic acids is 2. The number of fused-ring (bicyclic) bond motifs is 2. The van der Waals surface area contributed by atoms with Gasteiger partial charge in [-0.05, 0) is 48.7 Å². The van der Waals surface area contributed by atoms with Gasteiger partial charge in [-0.2, -0.15) is 0 Å². The molecule has 6 nitrogen and oxygen atoms in total. The molecular weight excluding hydrogens is 432 g/mol. The van der Waals surface area contributed by atoms with Gasteiger partial charge in [-0.1, -0.05) is 35.1 Å². The van der Waals surface area contributed by atoms with Gasteiger partial charge < -0.3 is 15.2 Å². The van der Waals surface area contributed by atoms with Gasteiger partial charge in [-0.15, -0.1) is 0 Å². The minimum atomic E-state index is -0.363. The van der Waals surface area contributed by atoms with Gasteiger partial charge in [0.25, 0.3) is 0 Å². The molecule has 2 aromatic carbocycles. The van der Waals surface area contributed by atoms with Crippen LogP contribution >= 0.6 is 22.9 Å². The SMILES string of the molecule is Cc1cccc2sc(NC(=O)C3CC(=O)N(CCc4c[nH]c5ccc(Cl)cc45)C3)nc12. The number of nitrogens with one attached hydrogen (secondary N) is 2. The number of hydrogen-bond donors (Lipinski definition) is 2. The Labute approximate surface area is 188 Å². The highest BCUT2D eigenvalue weighted by Crippen LogP contribution is 2.29. The summed E-state index contributed by atoms with van der Waals surface area (Å²) in [5.41, 5.74) is 4.12. The van der Waals surface area contributed by atoms with Crippen LogP contribution in [0.25, 0.3) is 21.1 Å². The molecular formula is C23H21ClN4O2S. The van der Waals surface area contributed by atoms with Crippen molar-refractivity contribution in [3.05, 3.63) is 58.7 Å². The first kappa shape index (κ1) is 20.0. The lowest BCUT2D eigenvalue weighted by molar-refractivity contribution is -0.128. The van der Waals surface area contributed by atoms with E-state index in [2.05, 4.69) is 15.3 Å². The Bertz CT molecular complexity index is 1310. The lowest BCUT2D eigenvalue weighted by Gasteiger charge is -2.16. The zero-order valence-corrected chi connectivity index (χ0v) is 18.5. The van der Waals surface area contributed by atoms with Crippen molar-refractivity contribution in [3.8, 4) is 0 Å². The third-order valence-corrected chi connectivity index (χ3v) is 6.99. The minimum Gasteiger partial charge on any atom is -0.361 e. The number of aryl methyl sites for hydroxylation is 1. The molecule has 0 saturated carbocycles. The smallest absolute Gasteiger partial charge is 0.231 e. The standard InChI is InChI=1S/C23H21ClN4O2S/c1-13-3-2-4-19-21(13)26-23(31-19)27-22(30)15-9-20(29)28(12-15)8-7-14-11-25-18-6-5-16(24)10-17(14)18/h2-6,10-11,15,25H,7-9,12H2,1H3,(H,26,27,30). The predicted octanol–water partition coefficient (Wildman–Crippen LogP) is 4.77. The fourth-order valence-corrected chi connectivity index (χ4v) is 5.24. The number of H-pyrrole nitrogens is 1. The molecule has 4 aromatic rings. The number of benzene rings is 2. The number of aromatic nitrogens is 2. The van der Waals surface area contributed by atoms with Crippen molar-refractivity contribution in [2.75, 3.05) is 18.4 Å². The van der Waals surface area contributed by atoms with E-state index in [1.54, 1.807) is 4.90 Å². The first-order chi connectivity index (χ1) is 15.0. The van der Waals surface area contributed by atoms with Crippen molar-refractivity contribution in [1.29, 1.82) is 0 Å². The number of likely N-dealkylation sites (tertiary alicyclic amines) is 1. The molecule has 0 aliphatic carbocycles. The molecule has 2 amide bonds. The molecule has 2 aromatic heterocycles. The van der Waals surface area contributed by atoms with Gasteiger partial charge in [-0.25, -0.2) is 4.98 Å². The number of thiazole rings is 1. The number of halogens is 1. The number of amides is 2. The number of hydrogen-bond acceptors (Lipinski definition) is 4. The maximum absolute atomic E-state index is 12.8. The summed E-state index contributed by atoms with van der Waals surface area (Å²) in [5, 5.41) is 5.25. The maximum atomic E-state index is 12.8. The number of carbonyl (C=O) groups is 2. The summed E-state index contributed by atoms with van der Waals surface area (Å²) in [6.07, 6.45) is 2.90. The topological polar surface area (TPSA) is 78.1 Å². The first-order valence-electron chi connectivity index (χ1n) is 10.2. The van der Waals surface area contributed by atoms with Crippen LogP contribution in [-0.4, -0.2) is 39.8 Å². The predicted molar refractivity (Wildman–Crippen MR) is 125 cm³/mol. The molecule has 1 saturated heterocycles. The van der Waals surface area contributed by atoms with Gasteiger partial charge >= 0.3 is 0 Å². The summed E-state index contributed by atoms with van der Waals surface area (Å²) in [5.74, 6) is -0.498. The molecule has 1 fully saturated rings. The van der Waals surface area contributed by atoms with Crippen LogP contribution in [0, 0.1) is 12.8 Å². The Kier molecular flexibility index (Phi) is 5.16. The van der Waals surface area contributed by atoms with E-state index in [4.69, 9.17) is 11.6 Å². The van der Waals surface area contributed by atoms with Gasteiger partial charge in [0.2, 0.25) is 11.8 Å². The average molecular weight is 453 g/mol. The zero-order chi connectivity index (χ0) is 21.5. The fraction of sp³-hybridized carbons (Fsp3) is 0.261. The van der Waals surface area contributed by atoms with E-state index in [1.807, 2.05) is 49.5 Å². The summed E-state index contributed by atoms with van der Waals surface area (Å²) in [7, 11) is 0. The minimum absolute atomic E-state index is 0.0122. The maximum Gasteiger partial charge on any atom is 0.231 e. The monoisotopic (exact) mass is 452 g/mol. The second kappa shape index (κ2) is 7.98. The molecule has 3 heterocycles. The summed E-state index contributed by atoms with van der Waals surface area (Å²) >= 11 is 7.58. The molecule has 1 aliphatic rings. The molecule has 5 rings (SSSR count). The molecule has 0 spiro atoms. The number of nitrogens with zero attached hydrogens (tertiary/aromatic N) is 2. The van der Waals surface area contributed by atoms with Gasteiger partial charge in [-0.3, -0.25) is 9.59 Å². The van der Waals surface area contributed by atoms with Gasteiger partial charge in [0.05, 0.1) is 16.1 Å². The van der Waals surface area contributed by atoms with E-state index in [9.17, 15) is 9.59 Å². The molecule has 0 radical (unpaired) electrons. The Morgan fingerprint density at radius 3 is 3.06 bits per heavy atom. The molecule has 0 bridgehead atoms. The van der Waals surface area contributed by atoms with Crippen molar-refractivity contribution >= 4 is 61.0 Å². The zero-order valence-electron chi connectivity index (χ0n) is 16.9. The molecule has 158 valence electrons. The largest absolute Gasteiger partial charge is 0.361 e. The normalized spacial score (nSPS) is 16.5. The highest BCUT2D eigenvalue weighted by atomic mass is 35.5. The van der Waals surface area contributed by atoms with Crippen LogP contribution in [-0.2, 0) is 16.0 Å². The van der Waals surface area contributed by atoms with Crippen LogP contribution in [0.15, 0.2) is 42.6 Å². The Hall–Kier alpha value is -2.90. The highest BCUT2D eigenvalue weighted by Gasteiger charge is 2.34. The highest BCUT2D eigenvalue weighted by molar-refractivity contribution is 7.22. The van der Waals surface area contributed by atoms with Crippen molar-refractivity contribution in [3.63, 3.8) is 0 Å². The Morgan fingerprint density at radius 1 is 1.35 bits per heavy atom. The van der Waals surface area contributed by atoms with Crippen LogP contribution in [0.2, 0.25) is 5.02 Å². The molecule has 2 N–H and O–H groups in total. The first-order valence-corrected chi connectivity index (χ1v) is 11.4. The van der Waals surface area contributed by atoms with Crippen molar-refractivity contribution in [1.82, 2.24) is 14.9 Å². The van der Waals surface area contributed by atoms with Crippen LogP contribution in [0.4, 0.5) is 5.13 Å². The van der Waals surface area contributed by atoms with E-state index < -0.39 is 0 Å². The van der Waals surface area contributed by atoms with Crippen LogP contribution < -0.4 is 5.32 Å². The average Bonchev–Trinajstić information content (AvgIpc) is 3.43. The third kappa shape index (κ3) is 3.91. The van der Waals surface area contributed by atoms with Crippen molar-refractivity contribution in [2.24, 2.45) is 5.92 Å². The van der Waals surface area contributed by atoms with Crippen LogP contribution in [0.1, 0.15) is 17.5 Å². The summed E-state index contributed by atoms with van der Waals surface area (Å²) in [6.45, 7) is 3.00. The second-order valence-corrected chi connectivity index (χ2v) is 9.39. The van der Waals surface area contributed by atoms with E-state index in [-0.39, 0.29) is 24.2 Å². The van der Waals surface area contributed by atoms with Crippen LogP contribution in [0.3, 0.4) is 0 Å². The summed E-state index contributed by atoms with van der Waals surface area (Å²) in [4.78, 5) is 34.8. The Morgan fingerprint density at radius 2 is 2.23 bits per heavy atom. The summed E-state index contributed by atoms with van der Waals surface area (Å²) < 4.78 is 1.04. The van der Waals surface area contributed by atoms with Gasteiger partial charge in [0.1, 0.15) is 0 Å². The van der Waals surface area contributed by atoms with Crippen LogP contribution in [0.5, 0.6) is 0 Å². The molecule has 31 heavy (non-hydrogen) atoms. The van der Waals surface area contributed by atoms with Crippen molar-refractivity contribution in [2.45, 2.75) is 19.8 Å². The lowest BCUT2D eigenvalue weighted by atomic mass is 10.1. The lowest BCUT2D eigenvalue weighted by Crippen LogP contribution is -2.29. The second-order valence-electron chi connectivity index (χ2n) is 7.92.